The molecular formula is C22H17N5O4. The first-order valence-corrected chi connectivity index (χ1v) is 9.10. The first-order chi connectivity index (χ1) is 15.0. The predicted molar refractivity (Wildman–Crippen MR) is 119 cm³/mol. The molecule has 0 aliphatic heterocycles. The zero-order valence-corrected chi connectivity index (χ0v) is 16.1. The van der Waals surface area contributed by atoms with Gasteiger partial charge in [0, 0.05) is 11.6 Å². The van der Waals surface area contributed by atoms with Gasteiger partial charge in [0.25, 0.3) is 5.69 Å². The highest BCUT2D eigenvalue weighted by atomic mass is 16.6. The molecule has 31 heavy (non-hydrogen) atoms. The van der Waals surface area contributed by atoms with Crippen LogP contribution >= 0.6 is 0 Å². The Labute approximate surface area is 177 Å². The molecule has 0 spiro atoms. The molecule has 0 amide bonds. The van der Waals surface area contributed by atoms with Gasteiger partial charge in [-0.3, -0.25) is 30.6 Å². The van der Waals surface area contributed by atoms with E-state index < -0.39 is 22.2 Å². The Hall–Kier alpha value is -4.66. The Bertz CT molecular complexity index is 1150. The number of nitrogens with one attached hydrogen (secondary N) is 2. The summed E-state index contributed by atoms with van der Waals surface area (Å²) in [6, 6.07) is 21.5. The van der Waals surface area contributed by atoms with Crippen LogP contribution in [0, 0.1) is 10.1 Å². The molecule has 0 aromatic heterocycles. The lowest BCUT2D eigenvalue weighted by molar-refractivity contribution is -0.385. The largest absolute Gasteiger partial charge is 0.287 e. The fourth-order valence-corrected chi connectivity index (χ4v) is 2.54. The third-order valence-corrected chi connectivity index (χ3v) is 4.04. The maximum atomic E-state index is 12.4. The van der Waals surface area contributed by atoms with Gasteiger partial charge in [-0.25, -0.2) is 0 Å². The maximum absolute atomic E-state index is 12.4. The first kappa shape index (κ1) is 21.1. The summed E-state index contributed by atoms with van der Waals surface area (Å²) in [5.74, 6) is -1.22. The van der Waals surface area contributed by atoms with Crippen LogP contribution in [0.2, 0.25) is 0 Å². The summed E-state index contributed by atoms with van der Waals surface area (Å²) in [5.41, 5.74) is 6.04. The van der Waals surface area contributed by atoms with Gasteiger partial charge < -0.3 is 0 Å². The highest BCUT2D eigenvalue weighted by Crippen LogP contribution is 2.21. The molecule has 9 heteroatoms. The number of carbonyl (C=O) groups is 2. The molecule has 0 saturated heterocycles. The molecule has 0 bridgehead atoms. The molecule has 0 aliphatic rings. The van der Waals surface area contributed by atoms with E-state index in [9.17, 15) is 19.7 Å². The van der Waals surface area contributed by atoms with Crippen LogP contribution in [0.4, 0.5) is 17.1 Å². The molecule has 0 saturated carbocycles. The first-order valence-electron chi connectivity index (χ1n) is 9.10. The van der Waals surface area contributed by atoms with Crippen molar-refractivity contribution in [3.63, 3.8) is 0 Å². The van der Waals surface area contributed by atoms with Crippen molar-refractivity contribution >= 4 is 41.1 Å². The van der Waals surface area contributed by atoms with Crippen LogP contribution in [0.3, 0.4) is 0 Å². The van der Waals surface area contributed by atoms with Gasteiger partial charge in [-0.05, 0) is 36.4 Å². The number of carbonyl (C=O) groups excluding carboxylic acids is 2. The summed E-state index contributed by atoms with van der Waals surface area (Å²) in [4.78, 5) is 35.4. The third kappa shape index (κ3) is 5.91. The number of para-hydroxylation sites is 2. The number of rotatable bonds is 9. The molecule has 3 aromatic rings. The van der Waals surface area contributed by atoms with Gasteiger partial charge in [0.1, 0.15) is 5.56 Å². The van der Waals surface area contributed by atoms with Gasteiger partial charge in [-0.15, -0.1) is 0 Å². The van der Waals surface area contributed by atoms with Crippen molar-refractivity contribution < 1.29 is 14.5 Å². The van der Waals surface area contributed by atoms with Crippen LogP contribution in [0.15, 0.2) is 89.1 Å². The number of Topliss-reactive ketones (excluding diaryl/α,β-unsaturated/α-hetero) is 2. The summed E-state index contributed by atoms with van der Waals surface area (Å²) in [6.07, 6.45) is 1.96. The van der Waals surface area contributed by atoms with E-state index in [0.29, 0.717) is 11.4 Å². The second-order valence-corrected chi connectivity index (χ2v) is 6.19. The second kappa shape index (κ2) is 10.2. The van der Waals surface area contributed by atoms with Crippen LogP contribution in [0.25, 0.3) is 0 Å². The Balaban J connectivity index is 1.72. The van der Waals surface area contributed by atoms with Crippen molar-refractivity contribution in [2.45, 2.75) is 0 Å². The standard InChI is InChI=1S/C22H17N5O4/c28-21(14-23-25-17-7-3-1-4-8-17)16-11-12-19(20(13-16)27(30)31)22(29)15-24-26-18-9-5-2-6-10-18/h1-15,25-26H/b23-14-,24-15+. The number of ketones is 2. The van der Waals surface area contributed by atoms with E-state index in [1.165, 1.54) is 12.1 Å². The molecule has 3 rings (SSSR count). The number of nitro groups is 1. The topological polar surface area (TPSA) is 126 Å². The van der Waals surface area contributed by atoms with Crippen LogP contribution in [-0.2, 0) is 0 Å². The highest BCUT2D eigenvalue weighted by Gasteiger charge is 2.21. The zero-order valence-electron chi connectivity index (χ0n) is 16.1. The van der Waals surface area contributed by atoms with E-state index in [0.717, 1.165) is 18.5 Å². The second-order valence-electron chi connectivity index (χ2n) is 6.19. The van der Waals surface area contributed by atoms with Crippen molar-refractivity contribution in [3.05, 3.63) is 100 Å². The highest BCUT2D eigenvalue weighted by molar-refractivity contribution is 6.38. The lowest BCUT2D eigenvalue weighted by Gasteiger charge is -2.02. The molecule has 154 valence electrons. The quantitative estimate of drug-likeness (QED) is 0.234. The molecule has 0 unspecified atom stereocenters. The van der Waals surface area contributed by atoms with Crippen molar-refractivity contribution in [2.75, 3.05) is 10.9 Å². The number of nitrogens with zero attached hydrogens (tertiary/aromatic N) is 3. The molecule has 9 nitrogen and oxygen atoms in total. The Morgan fingerprint density at radius 1 is 0.774 bits per heavy atom. The van der Waals surface area contributed by atoms with Gasteiger partial charge in [-0.2, -0.15) is 10.2 Å². The van der Waals surface area contributed by atoms with Gasteiger partial charge >= 0.3 is 0 Å². The summed E-state index contributed by atoms with van der Waals surface area (Å²) in [6.45, 7) is 0. The average Bonchev–Trinajstić information content (AvgIpc) is 2.80. The number of hydrazone groups is 2. The van der Waals surface area contributed by atoms with Crippen LogP contribution in [-0.4, -0.2) is 28.9 Å². The predicted octanol–water partition coefficient (Wildman–Crippen LogP) is 4.16. The lowest BCUT2D eigenvalue weighted by Crippen LogP contribution is -2.09. The summed E-state index contributed by atoms with van der Waals surface area (Å²) >= 11 is 0. The minimum Gasteiger partial charge on any atom is -0.287 e. The third-order valence-electron chi connectivity index (χ3n) is 4.04. The Kier molecular flexibility index (Phi) is 6.94. The normalized spacial score (nSPS) is 10.8. The van der Waals surface area contributed by atoms with E-state index in [4.69, 9.17) is 0 Å². The van der Waals surface area contributed by atoms with E-state index in [1.807, 2.05) is 12.1 Å². The summed E-state index contributed by atoms with van der Waals surface area (Å²) < 4.78 is 0. The van der Waals surface area contributed by atoms with E-state index in [2.05, 4.69) is 21.1 Å². The number of hydrogen-bond donors (Lipinski definition) is 2. The maximum Gasteiger partial charge on any atom is 0.281 e. The van der Waals surface area contributed by atoms with Crippen LogP contribution < -0.4 is 10.9 Å². The van der Waals surface area contributed by atoms with E-state index in [-0.39, 0.29) is 11.1 Å². The monoisotopic (exact) mass is 415 g/mol. The number of nitro benzene ring substituents is 1. The molecule has 3 aromatic carbocycles. The van der Waals surface area contributed by atoms with Gasteiger partial charge in [0.15, 0.2) is 0 Å². The average molecular weight is 415 g/mol. The number of hydrogen-bond acceptors (Lipinski definition) is 8. The van der Waals surface area contributed by atoms with Crippen molar-refractivity contribution in [1.29, 1.82) is 0 Å². The molecule has 0 fully saturated rings. The fraction of sp³-hybridized carbons (Fsp3) is 0. The minimum absolute atomic E-state index is 0.0289. The van der Waals surface area contributed by atoms with E-state index in [1.54, 1.807) is 48.5 Å². The van der Waals surface area contributed by atoms with Gasteiger partial charge in [0.05, 0.1) is 28.7 Å². The van der Waals surface area contributed by atoms with Gasteiger partial charge in [0.2, 0.25) is 11.6 Å². The number of anilines is 2. The fourth-order valence-electron chi connectivity index (χ4n) is 2.54. The summed E-state index contributed by atoms with van der Waals surface area (Å²) in [7, 11) is 0. The Morgan fingerprint density at radius 3 is 1.81 bits per heavy atom. The molecule has 0 aliphatic carbocycles. The van der Waals surface area contributed by atoms with Crippen LogP contribution in [0.1, 0.15) is 20.7 Å². The van der Waals surface area contributed by atoms with Crippen molar-refractivity contribution in [2.24, 2.45) is 10.2 Å². The lowest BCUT2D eigenvalue weighted by atomic mass is 10.0. The smallest absolute Gasteiger partial charge is 0.281 e. The summed E-state index contributed by atoms with van der Waals surface area (Å²) in [5, 5.41) is 19.1. The molecule has 2 N–H and O–H groups in total. The molecule has 0 heterocycles. The molecular weight excluding hydrogens is 398 g/mol. The van der Waals surface area contributed by atoms with Crippen molar-refractivity contribution in [1.82, 2.24) is 0 Å². The Morgan fingerprint density at radius 2 is 1.29 bits per heavy atom. The van der Waals surface area contributed by atoms with Crippen molar-refractivity contribution in [3.8, 4) is 0 Å². The minimum atomic E-state index is -0.720. The van der Waals surface area contributed by atoms with Crippen LogP contribution in [0.5, 0.6) is 0 Å². The molecule has 0 radical (unpaired) electrons. The molecule has 0 atom stereocenters. The zero-order chi connectivity index (χ0) is 22.1. The van der Waals surface area contributed by atoms with E-state index >= 15 is 0 Å². The van der Waals surface area contributed by atoms with Gasteiger partial charge in [-0.1, -0.05) is 36.4 Å². The number of benzene rings is 3. The SMILES string of the molecule is O=C(/C=N\Nc1ccccc1)c1ccc(C(=O)/C=N/Nc2ccccc2)c([N+](=O)[O-])c1.